The van der Waals surface area contributed by atoms with Crippen LogP contribution in [0.15, 0.2) is 33.6 Å². The first-order valence-electron chi connectivity index (χ1n) is 5.42. The molecule has 0 aliphatic heterocycles. The van der Waals surface area contributed by atoms with E-state index in [2.05, 4.69) is 20.7 Å². The van der Waals surface area contributed by atoms with Gasteiger partial charge in [-0.25, -0.2) is 8.42 Å². The van der Waals surface area contributed by atoms with Crippen molar-refractivity contribution >= 4 is 26.0 Å². The number of nitrogens with zero attached hydrogens (tertiary/aromatic N) is 1. The molecule has 0 bridgehead atoms. The van der Waals surface area contributed by atoms with Gasteiger partial charge in [0.25, 0.3) is 0 Å². The van der Waals surface area contributed by atoms with Gasteiger partial charge in [-0.15, -0.1) is 0 Å². The molecule has 98 valence electrons. The van der Waals surface area contributed by atoms with E-state index in [1.165, 1.54) is 12.1 Å². The second-order valence-electron chi connectivity index (χ2n) is 4.53. The Kier molecular flexibility index (Phi) is 4.54. The van der Waals surface area contributed by atoms with Crippen molar-refractivity contribution in [1.29, 1.82) is 5.26 Å². The van der Waals surface area contributed by atoms with Gasteiger partial charge >= 0.3 is 0 Å². The Morgan fingerprint density at radius 3 is 2.50 bits per heavy atom. The van der Waals surface area contributed by atoms with Crippen molar-refractivity contribution in [3.63, 3.8) is 0 Å². The van der Waals surface area contributed by atoms with Crippen LogP contribution in [0.2, 0.25) is 0 Å². The SMILES string of the molecule is CC(C)[C@@](C)(C#N)NS(=O)(=O)c1cccc(Br)c1. The second kappa shape index (κ2) is 5.39. The summed E-state index contributed by atoms with van der Waals surface area (Å²) in [6.07, 6.45) is 0. The summed E-state index contributed by atoms with van der Waals surface area (Å²) in [7, 11) is -3.70. The predicted molar refractivity (Wildman–Crippen MR) is 73.3 cm³/mol. The van der Waals surface area contributed by atoms with Crippen LogP contribution in [0.25, 0.3) is 0 Å². The smallest absolute Gasteiger partial charge is 0.207 e. The van der Waals surface area contributed by atoms with Gasteiger partial charge in [0.15, 0.2) is 0 Å². The molecule has 0 radical (unpaired) electrons. The van der Waals surface area contributed by atoms with Gasteiger partial charge in [0.1, 0.15) is 5.54 Å². The highest BCUT2D eigenvalue weighted by Gasteiger charge is 2.33. The molecule has 18 heavy (non-hydrogen) atoms. The molecule has 1 rings (SSSR count). The highest BCUT2D eigenvalue weighted by atomic mass is 79.9. The predicted octanol–water partition coefficient (Wildman–Crippen LogP) is 2.67. The van der Waals surface area contributed by atoms with Crippen LogP contribution in [-0.2, 0) is 10.0 Å². The van der Waals surface area contributed by atoms with E-state index in [1.807, 2.05) is 6.07 Å². The minimum Gasteiger partial charge on any atom is -0.207 e. The Balaban J connectivity index is 3.14. The van der Waals surface area contributed by atoms with E-state index < -0.39 is 15.6 Å². The zero-order valence-electron chi connectivity index (χ0n) is 10.4. The molecule has 1 N–H and O–H groups in total. The van der Waals surface area contributed by atoms with Gasteiger partial charge in [0, 0.05) is 4.47 Å². The molecule has 1 aromatic carbocycles. The van der Waals surface area contributed by atoms with Crippen molar-refractivity contribution in [2.45, 2.75) is 31.2 Å². The minimum atomic E-state index is -3.70. The number of nitrogens with one attached hydrogen (secondary N) is 1. The van der Waals surface area contributed by atoms with Gasteiger partial charge < -0.3 is 0 Å². The average molecular weight is 331 g/mol. The zero-order chi connectivity index (χ0) is 14.0. The first kappa shape index (κ1) is 15.2. The van der Waals surface area contributed by atoms with E-state index in [0.717, 1.165) is 0 Å². The Bertz CT molecular complexity index is 578. The van der Waals surface area contributed by atoms with Gasteiger partial charge in [-0.1, -0.05) is 35.8 Å². The molecule has 4 nitrogen and oxygen atoms in total. The maximum Gasteiger partial charge on any atom is 0.241 e. The fourth-order valence-electron chi connectivity index (χ4n) is 1.24. The molecule has 0 heterocycles. The molecular formula is C12H15BrN2O2S. The molecular weight excluding hydrogens is 316 g/mol. The highest BCUT2D eigenvalue weighted by Crippen LogP contribution is 2.21. The van der Waals surface area contributed by atoms with Crippen LogP contribution < -0.4 is 4.72 Å². The number of halogens is 1. The maximum atomic E-state index is 12.2. The van der Waals surface area contributed by atoms with Crippen molar-refractivity contribution in [3.05, 3.63) is 28.7 Å². The standard InChI is InChI=1S/C12H15BrN2O2S/c1-9(2)12(3,8-14)15-18(16,17)11-6-4-5-10(13)7-11/h4-7,9,15H,1-3H3/t12-/m1/s1. The third-order valence-corrected chi connectivity index (χ3v) is 4.90. The molecule has 0 aliphatic rings. The van der Waals surface area contributed by atoms with Crippen LogP contribution in [0.4, 0.5) is 0 Å². The number of benzene rings is 1. The third-order valence-electron chi connectivity index (χ3n) is 2.84. The molecule has 0 saturated heterocycles. The van der Waals surface area contributed by atoms with Crippen LogP contribution in [0.3, 0.4) is 0 Å². The average Bonchev–Trinajstić information content (AvgIpc) is 2.28. The number of hydrogen-bond acceptors (Lipinski definition) is 3. The quantitative estimate of drug-likeness (QED) is 0.922. The van der Waals surface area contributed by atoms with E-state index in [4.69, 9.17) is 5.26 Å². The first-order valence-corrected chi connectivity index (χ1v) is 7.70. The molecule has 0 aromatic heterocycles. The summed E-state index contributed by atoms with van der Waals surface area (Å²) in [5, 5.41) is 9.13. The van der Waals surface area contributed by atoms with Crippen LogP contribution >= 0.6 is 15.9 Å². The number of nitriles is 1. The fraction of sp³-hybridized carbons (Fsp3) is 0.417. The lowest BCUT2D eigenvalue weighted by molar-refractivity contribution is 0.389. The maximum absolute atomic E-state index is 12.2. The number of hydrogen-bond donors (Lipinski definition) is 1. The summed E-state index contributed by atoms with van der Waals surface area (Å²) in [5.41, 5.74) is -1.12. The Morgan fingerprint density at radius 1 is 1.44 bits per heavy atom. The third kappa shape index (κ3) is 3.31. The molecule has 0 saturated carbocycles. The van der Waals surface area contributed by atoms with E-state index in [1.54, 1.807) is 32.9 Å². The lowest BCUT2D eigenvalue weighted by atomic mass is 9.92. The lowest BCUT2D eigenvalue weighted by Gasteiger charge is -2.26. The Morgan fingerprint density at radius 2 is 2.06 bits per heavy atom. The van der Waals surface area contributed by atoms with Gasteiger partial charge in [0.2, 0.25) is 10.0 Å². The zero-order valence-corrected chi connectivity index (χ0v) is 12.8. The normalized spacial score (nSPS) is 15.1. The van der Waals surface area contributed by atoms with Crippen molar-refractivity contribution < 1.29 is 8.42 Å². The fourth-order valence-corrected chi connectivity index (χ4v) is 3.29. The number of sulfonamides is 1. The van der Waals surface area contributed by atoms with E-state index in [-0.39, 0.29) is 10.8 Å². The van der Waals surface area contributed by atoms with Crippen molar-refractivity contribution in [1.82, 2.24) is 4.72 Å². The molecule has 0 spiro atoms. The molecule has 6 heteroatoms. The van der Waals surface area contributed by atoms with Gasteiger partial charge in [-0.3, -0.25) is 0 Å². The largest absolute Gasteiger partial charge is 0.241 e. The highest BCUT2D eigenvalue weighted by molar-refractivity contribution is 9.10. The molecule has 1 aromatic rings. The summed E-state index contributed by atoms with van der Waals surface area (Å²) in [6.45, 7) is 5.17. The van der Waals surface area contributed by atoms with E-state index >= 15 is 0 Å². The monoisotopic (exact) mass is 330 g/mol. The Labute approximate surface area is 116 Å². The van der Waals surface area contributed by atoms with E-state index in [0.29, 0.717) is 4.47 Å². The van der Waals surface area contributed by atoms with Crippen molar-refractivity contribution in [3.8, 4) is 6.07 Å². The summed E-state index contributed by atoms with van der Waals surface area (Å²) in [6, 6.07) is 8.39. The second-order valence-corrected chi connectivity index (χ2v) is 7.13. The van der Waals surface area contributed by atoms with Gasteiger partial charge in [0.05, 0.1) is 11.0 Å². The molecule has 1 atom stereocenters. The minimum absolute atomic E-state index is 0.135. The van der Waals surface area contributed by atoms with Crippen LogP contribution in [0, 0.1) is 17.2 Å². The lowest BCUT2D eigenvalue weighted by Crippen LogP contribution is -2.48. The molecule has 0 fully saturated rings. The van der Waals surface area contributed by atoms with Crippen molar-refractivity contribution in [2.75, 3.05) is 0 Å². The molecule has 0 amide bonds. The topological polar surface area (TPSA) is 70.0 Å². The van der Waals surface area contributed by atoms with Gasteiger partial charge in [-0.2, -0.15) is 9.98 Å². The summed E-state index contributed by atoms with van der Waals surface area (Å²) in [5.74, 6) is -0.135. The van der Waals surface area contributed by atoms with Crippen LogP contribution in [-0.4, -0.2) is 14.0 Å². The summed E-state index contributed by atoms with van der Waals surface area (Å²) in [4.78, 5) is 0.138. The van der Waals surface area contributed by atoms with E-state index in [9.17, 15) is 8.42 Å². The van der Waals surface area contributed by atoms with Crippen molar-refractivity contribution in [2.24, 2.45) is 5.92 Å². The summed E-state index contributed by atoms with van der Waals surface area (Å²) >= 11 is 3.22. The summed E-state index contributed by atoms with van der Waals surface area (Å²) < 4.78 is 27.5. The number of rotatable bonds is 4. The van der Waals surface area contributed by atoms with Gasteiger partial charge in [-0.05, 0) is 31.0 Å². The Hall–Kier alpha value is -0.900. The van der Waals surface area contributed by atoms with Crippen LogP contribution in [0.5, 0.6) is 0 Å². The molecule has 0 aliphatic carbocycles. The molecule has 0 unspecified atom stereocenters. The first-order chi connectivity index (χ1) is 8.21. The van der Waals surface area contributed by atoms with Crippen LogP contribution in [0.1, 0.15) is 20.8 Å².